The number of aryl methyl sites for hydroxylation is 1. The monoisotopic (exact) mass is 194 g/mol. The third kappa shape index (κ3) is 3.23. The van der Waals surface area contributed by atoms with Crippen molar-refractivity contribution in [3.8, 4) is 0 Å². The van der Waals surface area contributed by atoms with Crippen LogP contribution in [0.15, 0.2) is 24.3 Å². The number of Topliss-reactive ketones (excluding diaryl/α,β-unsaturated/α-hetero) is 1. The molecule has 0 radical (unpaired) electrons. The number of hydrogen-bond donors (Lipinski definition) is 0. The van der Waals surface area contributed by atoms with Gasteiger partial charge in [0, 0.05) is 17.7 Å². The van der Waals surface area contributed by atoms with Crippen molar-refractivity contribution in [2.75, 3.05) is 12.0 Å². The van der Waals surface area contributed by atoms with E-state index >= 15 is 0 Å². The molecule has 0 unspecified atom stereocenters. The molecule has 0 saturated carbocycles. The average molecular weight is 194 g/mol. The van der Waals surface area contributed by atoms with Gasteiger partial charge in [0.15, 0.2) is 5.78 Å². The summed E-state index contributed by atoms with van der Waals surface area (Å²) in [6.07, 6.45) is 2.66. The van der Waals surface area contributed by atoms with Gasteiger partial charge in [0.1, 0.15) is 0 Å². The van der Waals surface area contributed by atoms with E-state index in [1.165, 1.54) is 0 Å². The topological polar surface area (TPSA) is 17.1 Å². The van der Waals surface area contributed by atoms with Crippen LogP contribution >= 0.6 is 11.8 Å². The lowest BCUT2D eigenvalue weighted by molar-refractivity contribution is 0.0989. The maximum Gasteiger partial charge on any atom is 0.163 e. The SMILES string of the molecule is CSCCC(=O)c1cccc(C)c1. The van der Waals surface area contributed by atoms with Crippen LogP contribution in [0.4, 0.5) is 0 Å². The first-order valence-electron chi connectivity index (χ1n) is 4.33. The van der Waals surface area contributed by atoms with Crippen LogP contribution in [0.3, 0.4) is 0 Å². The molecule has 1 aromatic rings. The average Bonchev–Trinajstić information content (AvgIpc) is 2.14. The van der Waals surface area contributed by atoms with Crippen molar-refractivity contribution in [2.24, 2.45) is 0 Å². The van der Waals surface area contributed by atoms with Gasteiger partial charge < -0.3 is 0 Å². The molecule has 0 amide bonds. The third-order valence-electron chi connectivity index (χ3n) is 1.87. The highest BCUT2D eigenvalue weighted by Crippen LogP contribution is 2.08. The summed E-state index contributed by atoms with van der Waals surface area (Å²) in [4.78, 5) is 11.5. The number of carbonyl (C=O) groups is 1. The molecular weight excluding hydrogens is 180 g/mol. The number of benzene rings is 1. The Morgan fingerprint density at radius 1 is 1.46 bits per heavy atom. The fraction of sp³-hybridized carbons (Fsp3) is 0.364. The molecule has 0 fully saturated rings. The zero-order chi connectivity index (χ0) is 9.68. The Hall–Kier alpha value is -0.760. The lowest BCUT2D eigenvalue weighted by Crippen LogP contribution is -2.00. The smallest absolute Gasteiger partial charge is 0.163 e. The maximum absolute atomic E-state index is 11.5. The summed E-state index contributed by atoms with van der Waals surface area (Å²) in [7, 11) is 0. The van der Waals surface area contributed by atoms with Gasteiger partial charge in [-0.05, 0) is 19.2 Å². The van der Waals surface area contributed by atoms with Crippen LogP contribution in [0.5, 0.6) is 0 Å². The molecule has 70 valence electrons. The molecule has 1 nitrogen and oxygen atoms in total. The van der Waals surface area contributed by atoms with Gasteiger partial charge in [-0.2, -0.15) is 11.8 Å². The molecule has 0 saturated heterocycles. The van der Waals surface area contributed by atoms with Gasteiger partial charge in [0.25, 0.3) is 0 Å². The van der Waals surface area contributed by atoms with E-state index in [4.69, 9.17) is 0 Å². The lowest BCUT2D eigenvalue weighted by Gasteiger charge is -2.00. The van der Waals surface area contributed by atoms with Gasteiger partial charge in [0.05, 0.1) is 0 Å². The van der Waals surface area contributed by atoms with Crippen LogP contribution in [0.25, 0.3) is 0 Å². The third-order valence-corrected chi connectivity index (χ3v) is 2.49. The first-order chi connectivity index (χ1) is 6.24. The molecule has 0 heterocycles. The molecule has 0 N–H and O–H groups in total. The van der Waals surface area contributed by atoms with Crippen LogP contribution < -0.4 is 0 Å². The molecule has 0 aliphatic carbocycles. The number of hydrogen-bond acceptors (Lipinski definition) is 2. The van der Waals surface area contributed by atoms with Gasteiger partial charge in [-0.25, -0.2) is 0 Å². The van der Waals surface area contributed by atoms with E-state index in [-0.39, 0.29) is 5.78 Å². The van der Waals surface area contributed by atoms with Gasteiger partial charge in [-0.3, -0.25) is 4.79 Å². The second-order valence-electron chi connectivity index (χ2n) is 3.04. The van der Waals surface area contributed by atoms with E-state index in [2.05, 4.69) is 0 Å². The van der Waals surface area contributed by atoms with Gasteiger partial charge in [-0.1, -0.05) is 23.8 Å². The van der Waals surface area contributed by atoms with Gasteiger partial charge >= 0.3 is 0 Å². The highest BCUT2D eigenvalue weighted by molar-refractivity contribution is 7.98. The minimum atomic E-state index is 0.248. The Bertz CT molecular complexity index is 294. The van der Waals surface area contributed by atoms with Crippen LogP contribution in [0.2, 0.25) is 0 Å². The van der Waals surface area contributed by atoms with E-state index in [1.807, 2.05) is 37.4 Å². The normalized spacial score (nSPS) is 10.0. The Morgan fingerprint density at radius 3 is 2.85 bits per heavy atom. The van der Waals surface area contributed by atoms with E-state index in [0.29, 0.717) is 6.42 Å². The molecule has 0 aliphatic heterocycles. The van der Waals surface area contributed by atoms with Crippen molar-refractivity contribution in [3.05, 3.63) is 35.4 Å². The summed E-state index contributed by atoms with van der Waals surface area (Å²) >= 11 is 1.71. The van der Waals surface area contributed by atoms with Crippen molar-refractivity contribution in [3.63, 3.8) is 0 Å². The van der Waals surface area contributed by atoms with Crippen LogP contribution in [0.1, 0.15) is 22.3 Å². The summed E-state index contributed by atoms with van der Waals surface area (Å²) < 4.78 is 0. The summed E-state index contributed by atoms with van der Waals surface area (Å²) in [5.74, 6) is 1.16. The number of ketones is 1. The van der Waals surface area contributed by atoms with Gasteiger partial charge in [0.2, 0.25) is 0 Å². The quantitative estimate of drug-likeness (QED) is 0.685. The predicted octanol–water partition coefficient (Wildman–Crippen LogP) is 2.93. The molecule has 2 heteroatoms. The highest BCUT2D eigenvalue weighted by atomic mass is 32.2. The standard InChI is InChI=1S/C11H14OS/c1-9-4-3-5-10(8-9)11(12)6-7-13-2/h3-5,8H,6-7H2,1-2H3. The summed E-state index contributed by atoms with van der Waals surface area (Å²) in [6, 6.07) is 7.77. The Balaban J connectivity index is 2.66. The lowest BCUT2D eigenvalue weighted by atomic mass is 10.1. The van der Waals surface area contributed by atoms with Crippen LogP contribution in [-0.4, -0.2) is 17.8 Å². The fourth-order valence-electron chi connectivity index (χ4n) is 1.16. The van der Waals surface area contributed by atoms with E-state index in [1.54, 1.807) is 11.8 Å². The first kappa shape index (κ1) is 10.3. The summed E-state index contributed by atoms with van der Waals surface area (Å²) in [5, 5.41) is 0. The Morgan fingerprint density at radius 2 is 2.23 bits per heavy atom. The maximum atomic E-state index is 11.5. The predicted molar refractivity (Wildman–Crippen MR) is 58.5 cm³/mol. The highest BCUT2D eigenvalue weighted by Gasteiger charge is 2.04. The molecule has 0 aliphatic rings. The van der Waals surface area contributed by atoms with Crippen molar-refractivity contribution in [2.45, 2.75) is 13.3 Å². The molecule has 0 spiro atoms. The van der Waals surface area contributed by atoms with Crippen LogP contribution in [0, 0.1) is 6.92 Å². The van der Waals surface area contributed by atoms with Crippen LogP contribution in [-0.2, 0) is 0 Å². The van der Waals surface area contributed by atoms with Crippen molar-refractivity contribution in [1.29, 1.82) is 0 Å². The number of thioether (sulfide) groups is 1. The van der Waals surface area contributed by atoms with E-state index in [0.717, 1.165) is 16.9 Å². The largest absolute Gasteiger partial charge is 0.294 e. The number of rotatable bonds is 4. The zero-order valence-corrected chi connectivity index (χ0v) is 8.86. The minimum absolute atomic E-state index is 0.248. The molecular formula is C11H14OS. The molecule has 0 atom stereocenters. The Labute approximate surface area is 83.5 Å². The van der Waals surface area contributed by atoms with Crippen molar-refractivity contribution < 1.29 is 4.79 Å². The minimum Gasteiger partial charge on any atom is -0.294 e. The van der Waals surface area contributed by atoms with E-state index in [9.17, 15) is 4.79 Å². The first-order valence-corrected chi connectivity index (χ1v) is 5.72. The summed E-state index contributed by atoms with van der Waals surface area (Å²) in [5.41, 5.74) is 1.99. The molecule has 0 aromatic heterocycles. The second-order valence-corrected chi connectivity index (χ2v) is 4.02. The second kappa shape index (κ2) is 5.07. The molecule has 1 aromatic carbocycles. The van der Waals surface area contributed by atoms with Crippen molar-refractivity contribution in [1.82, 2.24) is 0 Å². The van der Waals surface area contributed by atoms with E-state index < -0.39 is 0 Å². The van der Waals surface area contributed by atoms with Crippen molar-refractivity contribution >= 4 is 17.5 Å². The molecule has 0 bridgehead atoms. The number of carbonyl (C=O) groups excluding carboxylic acids is 1. The fourth-order valence-corrected chi connectivity index (χ4v) is 1.55. The molecule has 13 heavy (non-hydrogen) atoms. The van der Waals surface area contributed by atoms with Gasteiger partial charge in [-0.15, -0.1) is 0 Å². The zero-order valence-electron chi connectivity index (χ0n) is 8.04. The molecule has 1 rings (SSSR count). The summed E-state index contributed by atoms with van der Waals surface area (Å²) in [6.45, 7) is 2.01. The Kier molecular flexibility index (Phi) is 4.03.